The summed E-state index contributed by atoms with van der Waals surface area (Å²) in [4.78, 5) is 16.6. The van der Waals surface area contributed by atoms with Gasteiger partial charge in [0, 0.05) is 37.2 Å². The second kappa shape index (κ2) is 8.97. The van der Waals surface area contributed by atoms with Crippen molar-refractivity contribution in [2.45, 2.75) is 24.7 Å². The molecule has 1 N–H and O–H groups in total. The lowest BCUT2D eigenvalue weighted by Gasteiger charge is -2.30. The van der Waals surface area contributed by atoms with Gasteiger partial charge >= 0.3 is 0 Å². The molecular formula is C21H20ClFN4O4S. The maximum Gasteiger partial charge on any atom is 0.244 e. The van der Waals surface area contributed by atoms with Crippen LogP contribution in [0.4, 0.5) is 10.1 Å². The van der Waals surface area contributed by atoms with E-state index in [2.05, 4.69) is 15.5 Å². The molecule has 1 fully saturated rings. The Bertz CT molecular complexity index is 1260. The summed E-state index contributed by atoms with van der Waals surface area (Å²) >= 11 is 6.21. The van der Waals surface area contributed by atoms with Gasteiger partial charge < -0.3 is 9.84 Å². The van der Waals surface area contributed by atoms with Crippen LogP contribution in [-0.4, -0.2) is 41.9 Å². The van der Waals surface area contributed by atoms with Gasteiger partial charge in [-0.25, -0.2) is 12.8 Å². The van der Waals surface area contributed by atoms with Gasteiger partial charge in [-0.15, -0.1) is 0 Å². The fourth-order valence-electron chi connectivity index (χ4n) is 3.56. The molecule has 32 heavy (non-hydrogen) atoms. The van der Waals surface area contributed by atoms with E-state index >= 15 is 0 Å². The Morgan fingerprint density at radius 1 is 1.22 bits per heavy atom. The molecule has 0 bridgehead atoms. The quantitative estimate of drug-likeness (QED) is 0.596. The van der Waals surface area contributed by atoms with Crippen LogP contribution in [0, 0.1) is 18.7 Å². The van der Waals surface area contributed by atoms with Gasteiger partial charge in [0.15, 0.2) is 0 Å². The Morgan fingerprint density at radius 3 is 2.62 bits per heavy atom. The zero-order valence-corrected chi connectivity index (χ0v) is 18.7. The minimum Gasteiger partial charge on any atom is -0.339 e. The summed E-state index contributed by atoms with van der Waals surface area (Å²) in [5, 5.41) is 6.58. The molecule has 0 spiro atoms. The van der Waals surface area contributed by atoms with Crippen LogP contribution in [0.15, 0.2) is 51.9 Å². The topological polar surface area (TPSA) is 105 Å². The third-order valence-corrected chi connectivity index (χ3v) is 7.63. The molecule has 1 aromatic heterocycles. The number of nitrogens with one attached hydrogen (secondary N) is 1. The lowest BCUT2D eigenvalue weighted by Crippen LogP contribution is -2.41. The molecule has 168 valence electrons. The van der Waals surface area contributed by atoms with Crippen LogP contribution < -0.4 is 5.32 Å². The first kappa shape index (κ1) is 22.4. The summed E-state index contributed by atoms with van der Waals surface area (Å²) in [6, 6.07) is 10.2. The summed E-state index contributed by atoms with van der Waals surface area (Å²) < 4.78 is 46.1. The lowest BCUT2D eigenvalue weighted by molar-refractivity contribution is -0.120. The number of nitrogens with zero attached hydrogens (tertiary/aromatic N) is 3. The number of sulfonamides is 1. The van der Waals surface area contributed by atoms with Gasteiger partial charge in [0.1, 0.15) is 10.7 Å². The molecule has 4 rings (SSSR count). The van der Waals surface area contributed by atoms with E-state index in [1.165, 1.54) is 34.6 Å². The van der Waals surface area contributed by atoms with E-state index in [-0.39, 0.29) is 40.7 Å². The summed E-state index contributed by atoms with van der Waals surface area (Å²) in [6.07, 6.45) is 0.670. The van der Waals surface area contributed by atoms with Crippen molar-refractivity contribution >= 4 is 33.2 Å². The fraction of sp³-hybridized carbons (Fsp3) is 0.286. The minimum atomic E-state index is -3.90. The standard InChI is InChI=1S/C21H20ClFN4O4S/c1-13-24-20(26-31-13)15-5-6-18(22)19(11-15)32(29,30)27-9-7-14(8-10-27)21(28)25-17-4-2-3-16(23)12-17/h2-6,11-12,14H,7-10H2,1H3,(H,25,28). The number of carbonyl (C=O) groups excluding carboxylic acids is 1. The van der Waals surface area contributed by atoms with Gasteiger partial charge in [-0.1, -0.05) is 22.8 Å². The van der Waals surface area contributed by atoms with Crippen molar-refractivity contribution < 1.29 is 22.1 Å². The predicted octanol–water partition coefficient (Wildman–Crippen LogP) is 3.88. The van der Waals surface area contributed by atoms with Gasteiger partial charge in [-0.05, 0) is 49.2 Å². The fourth-order valence-corrected chi connectivity index (χ4v) is 5.53. The number of amides is 1. The van der Waals surface area contributed by atoms with E-state index in [9.17, 15) is 17.6 Å². The zero-order chi connectivity index (χ0) is 22.9. The van der Waals surface area contributed by atoms with Crippen LogP contribution >= 0.6 is 11.6 Å². The number of anilines is 1. The number of hydrogen-bond donors (Lipinski definition) is 1. The third kappa shape index (κ3) is 4.67. The van der Waals surface area contributed by atoms with E-state index in [0.717, 1.165) is 0 Å². The molecule has 1 amide bonds. The number of carbonyl (C=O) groups is 1. The third-order valence-electron chi connectivity index (χ3n) is 5.25. The summed E-state index contributed by atoms with van der Waals surface area (Å²) in [7, 11) is -3.90. The predicted molar refractivity (Wildman–Crippen MR) is 116 cm³/mol. The summed E-state index contributed by atoms with van der Waals surface area (Å²) in [6.45, 7) is 1.95. The number of piperidine rings is 1. The number of benzene rings is 2. The summed E-state index contributed by atoms with van der Waals surface area (Å²) in [5.74, 6) is -0.464. The van der Waals surface area contributed by atoms with E-state index in [1.54, 1.807) is 19.1 Å². The van der Waals surface area contributed by atoms with Crippen molar-refractivity contribution in [3.8, 4) is 11.4 Å². The van der Waals surface area contributed by atoms with Gasteiger partial charge in [0.25, 0.3) is 0 Å². The largest absolute Gasteiger partial charge is 0.339 e. The van der Waals surface area contributed by atoms with Crippen LogP contribution in [0.2, 0.25) is 5.02 Å². The van der Waals surface area contributed by atoms with Crippen LogP contribution in [0.3, 0.4) is 0 Å². The van der Waals surface area contributed by atoms with Gasteiger partial charge in [0.05, 0.1) is 5.02 Å². The molecule has 11 heteroatoms. The molecule has 1 saturated heterocycles. The summed E-state index contributed by atoms with van der Waals surface area (Å²) in [5.41, 5.74) is 0.833. The van der Waals surface area contributed by atoms with Gasteiger partial charge in [-0.3, -0.25) is 4.79 Å². The van der Waals surface area contributed by atoms with Crippen LogP contribution in [-0.2, 0) is 14.8 Å². The Balaban J connectivity index is 1.46. The van der Waals surface area contributed by atoms with E-state index in [1.807, 2.05) is 0 Å². The molecule has 1 aliphatic heterocycles. The normalized spacial score (nSPS) is 15.6. The number of hydrogen-bond acceptors (Lipinski definition) is 6. The molecule has 3 aromatic rings. The van der Waals surface area contributed by atoms with Gasteiger partial charge in [-0.2, -0.15) is 9.29 Å². The molecule has 0 aliphatic carbocycles. The van der Waals surface area contributed by atoms with Gasteiger partial charge in [0.2, 0.25) is 27.6 Å². The molecule has 0 atom stereocenters. The monoisotopic (exact) mass is 478 g/mol. The Hall–Kier alpha value is -2.82. The average Bonchev–Trinajstić information content (AvgIpc) is 3.20. The van der Waals surface area contributed by atoms with E-state index < -0.39 is 15.8 Å². The number of aromatic nitrogens is 2. The molecule has 8 nitrogen and oxygen atoms in total. The maximum absolute atomic E-state index is 13.3. The Kier molecular flexibility index (Phi) is 6.27. The SMILES string of the molecule is Cc1nc(-c2ccc(Cl)c(S(=O)(=O)N3CCC(C(=O)Nc4cccc(F)c4)CC3)c2)no1. The van der Waals surface area contributed by atoms with Crippen molar-refractivity contribution in [1.82, 2.24) is 14.4 Å². The highest BCUT2D eigenvalue weighted by atomic mass is 35.5. The first-order valence-corrected chi connectivity index (χ1v) is 11.7. The maximum atomic E-state index is 13.3. The van der Waals surface area contributed by atoms with Crippen molar-refractivity contribution in [3.63, 3.8) is 0 Å². The van der Waals surface area contributed by atoms with E-state index in [4.69, 9.17) is 16.1 Å². The van der Waals surface area contributed by atoms with Crippen LogP contribution in [0.1, 0.15) is 18.7 Å². The Labute approximate surface area is 189 Å². The Morgan fingerprint density at radius 2 is 1.97 bits per heavy atom. The molecular weight excluding hydrogens is 459 g/mol. The molecule has 0 radical (unpaired) electrons. The smallest absolute Gasteiger partial charge is 0.244 e. The zero-order valence-electron chi connectivity index (χ0n) is 17.1. The molecule has 2 aromatic carbocycles. The molecule has 0 saturated carbocycles. The average molecular weight is 479 g/mol. The highest BCUT2D eigenvalue weighted by molar-refractivity contribution is 7.89. The highest BCUT2D eigenvalue weighted by Crippen LogP contribution is 2.31. The lowest BCUT2D eigenvalue weighted by atomic mass is 9.97. The minimum absolute atomic E-state index is 0.0539. The number of rotatable bonds is 5. The molecule has 0 unspecified atom stereocenters. The highest BCUT2D eigenvalue weighted by Gasteiger charge is 2.33. The van der Waals surface area contributed by atoms with Crippen LogP contribution in [0.25, 0.3) is 11.4 Å². The van der Waals surface area contributed by atoms with E-state index in [0.29, 0.717) is 30.0 Å². The number of halogens is 2. The van der Waals surface area contributed by atoms with Crippen molar-refractivity contribution in [2.75, 3.05) is 18.4 Å². The number of aryl methyl sites for hydroxylation is 1. The second-order valence-electron chi connectivity index (χ2n) is 7.46. The first-order chi connectivity index (χ1) is 15.2. The van der Waals surface area contributed by atoms with Crippen molar-refractivity contribution in [3.05, 3.63) is 59.2 Å². The first-order valence-electron chi connectivity index (χ1n) is 9.91. The van der Waals surface area contributed by atoms with Crippen molar-refractivity contribution in [1.29, 1.82) is 0 Å². The second-order valence-corrected chi connectivity index (χ2v) is 9.77. The van der Waals surface area contributed by atoms with Crippen molar-refractivity contribution in [2.24, 2.45) is 5.92 Å². The van der Waals surface area contributed by atoms with Crippen LogP contribution in [0.5, 0.6) is 0 Å². The molecule has 2 heterocycles. The molecule has 1 aliphatic rings.